The molecule has 0 bridgehead atoms. The van der Waals surface area contributed by atoms with Crippen molar-refractivity contribution in [2.24, 2.45) is 9.98 Å². The summed E-state index contributed by atoms with van der Waals surface area (Å²) >= 11 is 3.12. The van der Waals surface area contributed by atoms with Crippen LogP contribution in [0.3, 0.4) is 0 Å². The van der Waals surface area contributed by atoms with Crippen molar-refractivity contribution < 1.29 is 14.3 Å². The second-order valence-corrected chi connectivity index (χ2v) is 9.21. The number of carbonyl (C=O) groups excluding carboxylic acids is 1. The molecule has 1 N–H and O–H groups in total. The average molecular weight is 444 g/mol. The Balaban J connectivity index is 1.46. The fourth-order valence-corrected chi connectivity index (χ4v) is 5.41. The summed E-state index contributed by atoms with van der Waals surface area (Å²) in [6, 6.07) is 9.42. The summed E-state index contributed by atoms with van der Waals surface area (Å²) in [7, 11) is 3.16. The maximum atomic E-state index is 12.6. The highest BCUT2D eigenvalue weighted by Gasteiger charge is 2.38. The fourth-order valence-electron chi connectivity index (χ4n) is 3.76. The summed E-state index contributed by atoms with van der Waals surface area (Å²) in [5, 5.41) is 5.85. The van der Waals surface area contributed by atoms with Gasteiger partial charge >= 0.3 is 0 Å². The van der Waals surface area contributed by atoms with Gasteiger partial charge in [0.15, 0.2) is 5.66 Å². The van der Waals surface area contributed by atoms with Crippen LogP contribution >= 0.6 is 23.1 Å². The molecule has 1 aliphatic heterocycles. The molecule has 1 amide bonds. The lowest BCUT2D eigenvalue weighted by atomic mass is 9.90. The molecule has 1 spiro atoms. The lowest BCUT2D eigenvalue weighted by molar-refractivity contribution is -0.113. The van der Waals surface area contributed by atoms with Gasteiger partial charge in [0.2, 0.25) is 5.91 Å². The lowest BCUT2D eigenvalue weighted by Gasteiger charge is -2.27. The summed E-state index contributed by atoms with van der Waals surface area (Å²) in [4.78, 5) is 23.8. The van der Waals surface area contributed by atoms with Crippen LogP contribution < -0.4 is 14.8 Å². The third-order valence-corrected chi connectivity index (χ3v) is 7.10. The van der Waals surface area contributed by atoms with Crippen LogP contribution in [0.25, 0.3) is 0 Å². The first kappa shape index (κ1) is 20.9. The van der Waals surface area contributed by atoms with Gasteiger partial charge in [-0.15, -0.1) is 11.3 Å². The first-order valence-corrected chi connectivity index (χ1v) is 11.9. The Kier molecular flexibility index (Phi) is 6.43. The van der Waals surface area contributed by atoms with Crippen LogP contribution in [0.4, 0.5) is 5.69 Å². The van der Waals surface area contributed by atoms with Gasteiger partial charge in [0, 0.05) is 6.07 Å². The number of nitrogens with zero attached hydrogens (tertiary/aromatic N) is 2. The average Bonchev–Trinajstić information content (AvgIpc) is 3.41. The number of anilines is 1. The number of hydrogen-bond acceptors (Lipinski definition) is 7. The lowest BCUT2D eigenvalue weighted by Crippen LogP contribution is -2.25. The van der Waals surface area contributed by atoms with E-state index in [0.29, 0.717) is 17.2 Å². The van der Waals surface area contributed by atoms with E-state index in [4.69, 9.17) is 19.5 Å². The number of aliphatic imine (C=N–C) groups is 2. The minimum absolute atomic E-state index is 0.110. The van der Waals surface area contributed by atoms with Gasteiger partial charge in [-0.1, -0.05) is 24.2 Å². The van der Waals surface area contributed by atoms with Gasteiger partial charge < -0.3 is 14.8 Å². The van der Waals surface area contributed by atoms with Crippen LogP contribution in [0.15, 0.2) is 45.7 Å². The van der Waals surface area contributed by atoms with Gasteiger partial charge in [-0.2, -0.15) is 0 Å². The van der Waals surface area contributed by atoms with E-state index in [-0.39, 0.29) is 17.3 Å². The number of nitrogens with one attached hydrogen (secondary N) is 1. The van der Waals surface area contributed by atoms with E-state index < -0.39 is 0 Å². The van der Waals surface area contributed by atoms with E-state index in [2.05, 4.69) is 16.8 Å². The molecule has 30 heavy (non-hydrogen) atoms. The van der Waals surface area contributed by atoms with Gasteiger partial charge in [-0.25, -0.2) is 4.99 Å². The Labute approximate surface area is 184 Å². The predicted octanol–water partition coefficient (Wildman–Crippen LogP) is 5.00. The standard InChI is InChI=1S/C22H25N3O3S2/c1-27-15-8-9-16(17(13-15)28-2)23-19(26)14-30-21-20(18-7-6-12-29-18)24-22(25-21)10-4-3-5-11-22/h6-9,12-13H,3-5,10-11,14H2,1-2H3,(H,23,26). The molecule has 2 aliphatic rings. The second kappa shape index (κ2) is 9.22. The van der Waals surface area contributed by atoms with Crippen LogP contribution in [-0.2, 0) is 4.79 Å². The van der Waals surface area contributed by atoms with Crippen molar-refractivity contribution in [3.63, 3.8) is 0 Å². The number of thiophene rings is 1. The Bertz CT molecular complexity index is 964. The normalized spacial score (nSPS) is 17.4. The van der Waals surface area contributed by atoms with Gasteiger partial charge in [-0.3, -0.25) is 9.79 Å². The first-order valence-electron chi connectivity index (χ1n) is 10.0. The monoisotopic (exact) mass is 443 g/mol. The van der Waals surface area contributed by atoms with E-state index >= 15 is 0 Å². The zero-order valence-corrected chi connectivity index (χ0v) is 18.8. The number of carbonyl (C=O) groups is 1. The molecular weight excluding hydrogens is 418 g/mol. The molecule has 0 radical (unpaired) electrons. The molecule has 0 atom stereocenters. The fraction of sp³-hybridized carbons (Fsp3) is 0.409. The molecule has 1 fully saturated rings. The second-order valence-electron chi connectivity index (χ2n) is 7.30. The Morgan fingerprint density at radius 1 is 1.17 bits per heavy atom. The number of benzene rings is 1. The largest absolute Gasteiger partial charge is 0.497 e. The SMILES string of the molecule is COc1ccc(NC(=O)CSC2=NC3(CCCCC3)N=C2c2cccs2)c(OC)c1. The van der Waals surface area contributed by atoms with Gasteiger partial charge in [0.1, 0.15) is 22.3 Å². The molecule has 2 aromatic rings. The summed E-state index contributed by atoms with van der Waals surface area (Å²) in [6.45, 7) is 0. The van der Waals surface area contributed by atoms with Crippen molar-refractivity contribution in [3.8, 4) is 11.5 Å². The van der Waals surface area contributed by atoms with Crippen molar-refractivity contribution >= 4 is 45.4 Å². The van der Waals surface area contributed by atoms with E-state index in [1.807, 2.05) is 6.07 Å². The number of ether oxygens (including phenoxy) is 2. The molecule has 2 heterocycles. The Hall–Kier alpha value is -2.32. The maximum Gasteiger partial charge on any atom is 0.234 e. The van der Waals surface area contributed by atoms with E-state index in [1.54, 1.807) is 43.8 Å². The first-order chi connectivity index (χ1) is 14.6. The molecule has 6 nitrogen and oxygen atoms in total. The zero-order valence-electron chi connectivity index (χ0n) is 17.1. The third kappa shape index (κ3) is 4.54. The maximum absolute atomic E-state index is 12.6. The highest BCUT2D eigenvalue weighted by molar-refractivity contribution is 8.16. The van der Waals surface area contributed by atoms with E-state index in [0.717, 1.165) is 41.3 Å². The van der Waals surface area contributed by atoms with E-state index in [9.17, 15) is 4.79 Å². The molecule has 158 valence electrons. The molecule has 8 heteroatoms. The molecule has 1 aliphatic carbocycles. The summed E-state index contributed by atoms with van der Waals surface area (Å²) in [5.74, 6) is 1.39. The smallest absolute Gasteiger partial charge is 0.234 e. The van der Waals surface area contributed by atoms with Crippen molar-refractivity contribution in [1.82, 2.24) is 0 Å². The molecule has 0 unspecified atom stereocenters. The van der Waals surface area contributed by atoms with Crippen molar-refractivity contribution in [2.75, 3.05) is 25.3 Å². The van der Waals surface area contributed by atoms with Crippen LogP contribution in [0.2, 0.25) is 0 Å². The Morgan fingerprint density at radius 3 is 2.70 bits per heavy atom. The Morgan fingerprint density at radius 2 is 2.00 bits per heavy atom. The molecule has 1 aromatic carbocycles. The number of amides is 1. The van der Waals surface area contributed by atoms with Gasteiger partial charge in [0.25, 0.3) is 0 Å². The minimum atomic E-state index is -0.324. The van der Waals surface area contributed by atoms with Crippen LogP contribution in [0.5, 0.6) is 11.5 Å². The number of rotatable bonds is 6. The number of hydrogen-bond donors (Lipinski definition) is 1. The molecule has 0 saturated heterocycles. The topological polar surface area (TPSA) is 72.3 Å². The summed E-state index contributed by atoms with van der Waals surface area (Å²) in [6.07, 6.45) is 5.53. The predicted molar refractivity (Wildman–Crippen MR) is 125 cm³/mol. The molecule has 1 aromatic heterocycles. The van der Waals surface area contributed by atoms with Crippen molar-refractivity contribution in [3.05, 3.63) is 40.6 Å². The van der Waals surface area contributed by atoms with Crippen LogP contribution in [-0.4, -0.2) is 42.3 Å². The number of methoxy groups -OCH3 is 2. The highest BCUT2D eigenvalue weighted by atomic mass is 32.2. The number of thioether (sulfide) groups is 1. The molecule has 1 saturated carbocycles. The van der Waals surface area contributed by atoms with Crippen molar-refractivity contribution in [1.29, 1.82) is 0 Å². The van der Waals surface area contributed by atoms with Gasteiger partial charge in [-0.05, 0) is 49.3 Å². The summed E-state index contributed by atoms with van der Waals surface area (Å²) in [5.41, 5.74) is 1.23. The highest BCUT2D eigenvalue weighted by Crippen LogP contribution is 2.39. The van der Waals surface area contributed by atoms with Gasteiger partial charge in [0.05, 0.1) is 30.5 Å². The zero-order chi connectivity index (χ0) is 21.0. The van der Waals surface area contributed by atoms with Crippen LogP contribution in [0.1, 0.15) is 37.0 Å². The molecule has 4 rings (SSSR count). The minimum Gasteiger partial charge on any atom is -0.497 e. The summed E-state index contributed by atoms with van der Waals surface area (Å²) < 4.78 is 10.6. The van der Waals surface area contributed by atoms with Crippen molar-refractivity contribution in [2.45, 2.75) is 37.8 Å². The van der Waals surface area contributed by atoms with E-state index in [1.165, 1.54) is 18.2 Å². The molecular formula is C22H25N3O3S2. The quantitative estimate of drug-likeness (QED) is 0.682. The third-order valence-electron chi connectivity index (χ3n) is 5.26. The van der Waals surface area contributed by atoms with Crippen LogP contribution in [0, 0.1) is 0 Å².